The Kier molecular flexibility index (Phi) is 8.47. The van der Waals surface area contributed by atoms with Crippen LogP contribution in [-0.4, -0.2) is 46.2 Å². The van der Waals surface area contributed by atoms with E-state index in [4.69, 9.17) is 16.3 Å². The van der Waals surface area contributed by atoms with Gasteiger partial charge >= 0.3 is 5.97 Å². The SMILES string of the molecule is C=CCN(C(C(=C)C(=O)OC)c1ccc(Cl)cc1)S(=O)(=O)CC[Si](C)(C)C. The molecule has 1 aromatic rings. The van der Waals surface area contributed by atoms with Crippen molar-refractivity contribution in [1.29, 1.82) is 0 Å². The number of carbonyl (C=O) groups excluding carboxylic acids is 1. The van der Waals surface area contributed by atoms with E-state index in [1.54, 1.807) is 24.3 Å². The summed E-state index contributed by atoms with van der Waals surface area (Å²) in [6.07, 6.45) is 1.50. The first-order valence-electron chi connectivity index (χ1n) is 8.56. The van der Waals surface area contributed by atoms with E-state index in [-0.39, 0.29) is 17.9 Å². The van der Waals surface area contributed by atoms with Crippen molar-refractivity contribution < 1.29 is 17.9 Å². The lowest BCUT2D eigenvalue weighted by Gasteiger charge is -2.32. The Hall–Kier alpha value is -1.41. The first-order valence-corrected chi connectivity index (χ1v) is 14.3. The van der Waals surface area contributed by atoms with Crippen LogP contribution in [0.25, 0.3) is 0 Å². The molecule has 1 rings (SSSR count). The van der Waals surface area contributed by atoms with Crippen molar-refractivity contribution in [2.24, 2.45) is 0 Å². The average Bonchev–Trinajstić information content (AvgIpc) is 2.59. The Morgan fingerprint density at radius 2 is 1.85 bits per heavy atom. The number of ether oxygens (including phenoxy) is 1. The fraction of sp³-hybridized carbons (Fsp3) is 0.421. The number of halogens is 1. The van der Waals surface area contributed by atoms with Gasteiger partial charge in [0.05, 0.1) is 24.5 Å². The lowest BCUT2D eigenvalue weighted by molar-refractivity contribution is -0.136. The standard InChI is InChI=1S/C19H28ClNO4SSi/c1-7-12-21(26(23,24)13-14-27(4,5)6)18(15(2)19(22)25-3)16-8-10-17(20)11-9-16/h7-11,18H,1-2,12-14H2,3-6H3. The number of carbonyl (C=O) groups is 1. The van der Waals surface area contributed by atoms with Gasteiger partial charge in [0, 0.05) is 19.6 Å². The third-order valence-corrected chi connectivity index (χ3v) is 8.19. The van der Waals surface area contributed by atoms with E-state index in [1.807, 2.05) is 0 Å². The smallest absolute Gasteiger partial charge is 0.335 e. The van der Waals surface area contributed by atoms with Crippen LogP contribution in [0.3, 0.4) is 0 Å². The Morgan fingerprint density at radius 1 is 1.30 bits per heavy atom. The summed E-state index contributed by atoms with van der Waals surface area (Å²) in [7, 11) is -4.00. The van der Waals surface area contributed by atoms with Crippen LogP contribution in [0, 0.1) is 0 Å². The van der Waals surface area contributed by atoms with Gasteiger partial charge < -0.3 is 4.74 Å². The van der Waals surface area contributed by atoms with Crippen LogP contribution >= 0.6 is 11.6 Å². The van der Waals surface area contributed by atoms with Gasteiger partial charge in [0.2, 0.25) is 10.0 Å². The molecular formula is C19H28ClNO4SSi. The molecule has 150 valence electrons. The van der Waals surface area contributed by atoms with E-state index >= 15 is 0 Å². The predicted molar refractivity (Wildman–Crippen MR) is 114 cm³/mol. The number of hydrogen-bond donors (Lipinski definition) is 0. The molecule has 0 amide bonds. The van der Waals surface area contributed by atoms with Crippen molar-refractivity contribution in [2.75, 3.05) is 19.4 Å². The van der Waals surface area contributed by atoms with Crippen molar-refractivity contribution in [1.82, 2.24) is 4.31 Å². The van der Waals surface area contributed by atoms with Crippen LogP contribution in [0.1, 0.15) is 11.6 Å². The molecule has 0 aliphatic heterocycles. The molecule has 1 aromatic carbocycles. The first-order chi connectivity index (χ1) is 12.4. The van der Waals surface area contributed by atoms with E-state index < -0.39 is 30.1 Å². The van der Waals surface area contributed by atoms with Gasteiger partial charge in [-0.15, -0.1) is 6.58 Å². The lowest BCUT2D eigenvalue weighted by Crippen LogP contribution is -2.40. The van der Waals surface area contributed by atoms with Crippen LogP contribution in [-0.2, 0) is 19.6 Å². The predicted octanol–water partition coefficient (Wildman–Crippen LogP) is 4.27. The van der Waals surface area contributed by atoms with E-state index in [9.17, 15) is 13.2 Å². The van der Waals surface area contributed by atoms with Gasteiger partial charge in [0.1, 0.15) is 0 Å². The van der Waals surface area contributed by atoms with Crippen LogP contribution in [0.2, 0.25) is 30.7 Å². The molecular weight excluding hydrogens is 402 g/mol. The highest BCUT2D eigenvalue weighted by molar-refractivity contribution is 7.89. The molecule has 0 aliphatic carbocycles. The minimum Gasteiger partial charge on any atom is -0.466 e. The highest BCUT2D eigenvalue weighted by atomic mass is 35.5. The van der Waals surface area contributed by atoms with E-state index in [1.165, 1.54) is 17.5 Å². The summed E-state index contributed by atoms with van der Waals surface area (Å²) < 4.78 is 32.3. The van der Waals surface area contributed by atoms with Crippen LogP contribution in [0.4, 0.5) is 0 Å². The number of nitrogens with zero attached hydrogens (tertiary/aromatic N) is 1. The van der Waals surface area contributed by atoms with Crippen molar-refractivity contribution in [2.45, 2.75) is 31.7 Å². The van der Waals surface area contributed by atoms with Gasteiger partial charge in [-0.05, 0) is 23.7 Å². The third kappa shape index (κ3) is 6.92. The molecule has 0 saturated carbocycles. The normalized spacial score (nSPS) is 13.3. The van der Waals surface area contributed by atoms with Crippen molar-refractivity contribution >= 4 is 35.7 Å². The number of esters is 1. The number of benzene rings is 1. The monoisotopic (exact) mass is 429 g/mol. The summed E-state index contributed by atoms with van der Waals surface area (Å²) in [6, 6.07) is 6.39. The number of methoxy groups -OCH3 is 1. The topological polar surface area (TPSA) is 63.7 Å². The van der Waals surface area contributed by atoms with Gasteiger partial charge in [0.15, 0.2) is 0 Å². The molecule has 0 heterocycles. The van der Waals surface area contributed by atoms with Gasteiger partial charge in [-0.3, -0.25) is 0 Å². The summed E-state index contributed by atoms with van der Waals surface area (Å²) in [5.74, 6) is -0.654. The fourth-order valence-corrected chi connectivity index (χ4v) is 7.23. The second kappa shape index (κ2) is 9.68. The van der Waals surface area contributed by atoms with Crippen LogP contribution in [0.5, 0.6) is 0 Å². The molecule has 0 radical (unpaired) electrons. The molecule has 0 bridgehead atoms. The summed E-state index contributed by atoms with van der Waals surface area (Å²) in [5.41, 5.74) is 0.631. The molecule has 0 aliphatic rings. The van der Waals surface area contributed by atoms with Crippen LogP contribution in [0.15, 0.2) is 49.1 Å². The maximum Gasteiger partial charge on any atom is 0.335 e. The Morgan fingerprint density at radius 3 is 2.30 bits per heavy atom. The molecule has 0 saturated heterocycles. The van der Waals surface area contributed by atoms with Gasteiger partial charge in [0.25, 0.3) is 0 Å². The minimum atomic E-state index is -3.67. The summed E-state index contributed by atoms with van der Waals surface area (Å²) in [5, 5.41) is 0.512. The zero-order valence-electron chi connectivity index (χ0n) is 16.4. The highest BCUT2D eigenvalue weighted by Gasteiger charge is 2.35. The summed E-state index contributed by atoms with van der Waals surface area (Å²) in [4.78, 5) is 12.2. The Bertz CT molecular complexity index is 785. The maximum absolute atomic E-state index is 13.1. The maximum atomic E-state index is 13.1. The Balaban J connectivity index is 3.43. The first kappa shape index (κ1) is 23.6. The Labute approximate surface area is 168 Å². The lowest BCUT2D eigenvalue weighted by atomic mass is 10.00. The molecule has 0 fully saturated rings. The number of hydrogen-bond acceptors (Lipinski definition) is 4. The largest absolute Gasteiger partial charge is 0.466 e. The van der Waals surface area contributed by atoms with Crippen molar-refractivity contribution in [3.63, 3.8) is 0 Å². The van der Waals surface area contributed by atoms with Crippen molar-refractivity contribution in [3.05, 3.63) is 59.7 Å². The minimum absolute atomic E-state index is 0.00903. The van der Waals surface area contributed by atoms with E-state index in [2.05, 4.69) is 32.8 Å². The second-order valence-corrected chi connectivity index (χ2v) is 15.6. The fourth-order valence-electron chi connectivity index (χ4n) is 2.49. The number of rotatable bonds is 10. The summed E-state index contributed by atoms with van der Waals surface area (Å²) >= 11 is 5.96. The molecule has 5 nitrogen and oxygen atoms in total. The third-order valence-electron chi connectivity index (χ3n) is 4.03. The zero-order chi connectivity index (χ0) is 20.8. The quantitative estimate of drug-likeness (QED) is 0.241. The molecule has 27 heavy (non-hydrogen) atoms. The average molecular weight is 430 g/mol. The molecule has 1 atom stereocenters. The van der Waals surface area contributed by atoms with Crippen molar-refractivity contribution in [3.8, 4) is 0 Å². The molecule has 8 heteroatoms. The van der Waals surface area contributed by atoms with Gasteiger partial charge in [-0.2, -0.15) is 4.31 Å². The second-order valence-electron chi connectivity index (χ2n) is 7.46. The molecule has 0 spiro atoms. The van der Waals surface area contributed by atoms with Crippen LogP contribution < -0.4 is 0 Å². The van der Waals surface area contributed by atoms with Gasteiger partial charge in [-0.1, -0.05) is 56.0 Å². The molecule has 0 aromatic heterocycles. The highest BCUT2D eigenvalue weighted by Crippen LogP contribution is 2.32. The van der Waals surface area contributed by atoms with E-state index in [0.29, 0.717) is 16.6 Å². The molecule has 1 unspecified atom stereocenters. The zero-order valence-corrected chi connectivity index (χ0v) is 18.9. The van der Waals surface area contributed by atoms with E-state index in [0.717, 1.165) is 0 Å². The number of sulfonamides is 1. The van der Waals surface area contributed by atoms with Gasteiger partial charge in [-0.25, -0.2) is 13.2 Å². The summed E-state index contributed by atoms with van der Waals surface area (Å²) in [6.45, 7) is 13.9. The molecule has 0 N–H and O–H groups in total.